The fourth-order valence-corrected chi connectivity index (χ4v) is 2.57. The number of imidazole rings is 1. The van der Waals surface area contributed by atoms with Crippen LogP contribution in [0.25, 0.3) is 0 Å². The number of aromatic nitrogens is 2. The zero-order chi connectivity index (χ0) is 17.0. The van der Waals surface area contributed by atoms with Gasteiger partial charge in [0.25, 0.3) is 0 Å². The molecule has 0 saturated heterocycles. The van der Waals surface area contributed by atoms with Crippen molar-refractivity contribution < 1.29 is 0 Å². The van der Waals surface area contributed by atoms with Gasteiger partial charge in [-0.25, -0.2) is 4.98 Å². The summed E-state index contributed by atoms with van der Waals surface area (Å²) in [4.78, 5) is 8.73. The molecular formula is C19H30IN5. The normalized spacial score (nSPS) is 11.0. The molecule has 0 bridgehead atoms. The van der Waals surface area contributed by atoms with Crippen molar-refractivity contribution in [1.29, 1.82) is 0 Å². The lowest BCUT2D eigenvalue weighted by molar-refractivity contribution is 0.641. The van der Waals surface area contributed by atoms with Crippen LogP contribution in [-0.2, 0) is 13.1 Å². The summed E-state index contributed by atoms with van der Waals surface area (Å²) in [5.74, 6) is 1.84. The highest BCUT2D eigenvalue weighted by molar-refractivity contribution is 14.0. The largest absolute Gasteiger partial charge is 0.356 e. The summed E-state index contributed by atoms with van der Waals surface area (Å²) in [5, 5.41) is 6.71. The molecule has 1 aromatic heterocycles. The molecule has 0 amide bonds. The van der Waals surface area contributed by atoms with E-state index in [0.717, 1.165) is 24.9 Å². The van der Waals surface area contributed by atoms with E-state index in [0.29, 0.717) is 6.54 Å². The lowest BCUT2D eigenvalue weighted by Gasteiger charge is -2.13. The molecule has 25 heavy (non-hydrogen) atoms. The molecular weight excluding hydrogens is 425 g/mol. The van der Waals surface area contributed by atoms with Crippen LogP contribution in [0.2, 0.25) is 0 Å². The molecule has 2 rings (SSSR count). The van der Waals surface area contributed by atoms with E-state index in [9.17, 15) is 0 Å². The first-order valence-corrected chi connectivity index (χ1v) is 8.82. The van der Waals surface area contributed by atoms with Gasteiger partial charge in [0.2, 0.25) is 0 Å². The fourth-order valence-electron chi connectivity index (χ4n) is 2.57. The second-order valence-electron chi connectivity index (χ2n) is 5.87. The predicted molar refractivity (Wildman–Crippen MR) is 116 cm³/mol. The molecule has 0 saturated carbocycles. The van der Waals surface area contributed by atoms with Crippen molar-refractivity contribution in [2.45, 2.75) is 45.7 Å². The average molecular weight is 455 g/mol. The molecule has 138 valence electrons. The lowest BCUT2D eigenvalue weighted by atomic mass is 10.2. The first-order chi connectivity index (χ1) is 11.8. The Morgan fingerprint density at radius 2 is 1.92 bits per heavy atom. The minimum Gasteiger partial charge on any atom is -0.356 e. The Balaban J connectivity index is 0.00000312. The molecule has 2 aromatic rings. The van der Waals surface area contributed by atoms with Crippen LogP contribution in [-0.4, -0.2) is 29.1 Å². The van der Waals surface area contributed by atoms with E-state index in [4.69, 9.17) is 0 Å². The number of hydrogen-bond acceptors (Lipinski definition) is 2. The third-order valence-corrected chi connectivity index (χ3v) is 3.96. The highest BCUT2D eigenvalue weighted by atomic mass is 127. The first kappa shape index (κ1) is 21.5. The summed E-state index contributed by atoms with van der Waals surface area (Å²) in [6, 6.07) is 10.4. The Labute approximate surface area is 168 Å². The van der Waals surface area contributed by atoms with E-state index >= 15 is 0 Å². The molecule has 0 aliphatic heterocycles. The lowest BCUT2D eigenvalue weighted by Crippen LogP contribution is -2.37. The van der Waals surface area contributed by atoms with Crippen molar-refractivity contribution in [3.05, 3.63) is 54.1 Å². The Bertz CT molecular complexity index is 609. The number of unbranched alkanes of at least 4 members (excludes halogenated alkanes) is 3. The van der Waals surface area contributed by atoms with Crippen molar-refractivity contribution in [3.8, 4) is 0 Å². The van der Waals surface area contributed by atoms with Gasteiger partial charge in [-0.3, -0.25) is 4.99 Å². The smallest absolute Gasteiger partial charge is 0.191 e. The van der Waals surface area contributed by atoms with Crippen LogP contribution in [0.5, 0.6) is 0 Å². The zero-order valence-electron chi connectivity index (χ0n) is 15.2. The molecule has 1 heterocycles. The minimum atomic E-state index is 0. The number of rotatable bonds is 9. The first-order valence-electron chi connectivity index (χ1n) is 8.82. The molecule has 0 spiro atoms. The van der Waals surface area contributed by atoms with E-state index in [1.54, 1.807) is 7.05 Å². The molecule has 0 fully saturated rings. The average Bonchev–Trinajstić information content (AvgIpc) is 3.05. The van der Waals surface area contributed by atoms with Crippen molar-refractivity contribution in [2.75, 3.05) is 13.6 Å². The van der Waals surface area contributed by atoms with Crippen LogP contribution in [0.3, 0.4) is 0 Å². The van der Waals surface area contributed by atoms with Gasteiger partial charge in [0.15, 0.2) is 5.96 Å². The third-order valence-electron chi connectivity index (χ3n) is 3.96. The summed E-state index contributed by atoms with van der Waals surface area (Å²) in [6.07, 6.45) is 8.87. The highest BCUT2D eigenvalue weighted by Crippen LogP contribution is 2.05. The number of nitrogens with zero attached hydrogens (tertiary/aromatic N) is 3. The Morgan fingerprint density at radius 1 is 1.12 bits per heavy atom. The van der Waals surface area contributed by atoms with Crippen molar-refractivity contribution in [3.63, 3.8) is 0 Å². The second kappa shape index (κ2) is 12.7. The maximum atomic E-state index is 4.46. The number of benzene rings is 1. The fraction of sp³-hybridized carbons (Fsp3) is 0.474. The number of hydrogen-bond donors (Lipinski definition) is 2. The van der Waals surface area contributed by atoms with Gasteiger partial charge in [-0.05, 0) is 12.0 Å². The van der Waals surface area contributed by atoms with Crippen LogP contribution in [0, 0.1) is 0 Å². The molecule has 0 radical (unpaired) electrons. The molecule has 2 N–H and O–H groups in total. The summed E-state index contributed by atoms with van der Waals surface area (Å²) in [7, 11) is 1.80. The van der Waals surface area contributed by atoms with Crippen molar-refractivity contribution in [2.24, 2.45) is 4.99 Å². The molecule has 6 heteroatoms. The molecule has 0 atom stereocenters. The zero-order valence-corrected chi connectivity index (χ0v) is 17.6. The number of aliphatic imine (C=N–C) groups is 1. The van der Waals surface area contributed by atoms with Crippen molar-refractivity contribution >= 4 is 29.9 Å². The van der Waals surface area contributed by atoms with E-state index in [1.807, 2.05) is 18.5 Å². The molecule has 0 aliphatic carbocycles. The van der Waals surface area contributed by atoms with Gasteiger partial charge in [0.05, 0.1) is 6.54 Å². The van der Waals surface area contributed by atoms with Crippen LogP contribution in [0.4, 0.5) is 0 Å². The van der Waals surface area contributed by atoms with E-state index in [1.165, 1.54) is 31.2 Å². The van der Waals surface area contributed by atoms with Crippen LogP contribution >= 0.6 is 24.0 Å². The van der Waals surface area contributed by atoms with E-state index < -0.39 is 0 Å². The van der Waals surface area contributed by atoms with Crippen molar-refractivity contribution in [1.82, 2.24) is 20.2 Å². The maximum absolute atomic E-state index is 4.46. The SMILES string of the molecule is CCCCCCNC(=NC)NCc1nccn1Cc1ccccc1.I. The Morgan fingerprint density at radius 3 is 2.64 bits per heavy atom. The van der Waals surface area contributed by atoms with Gasteiger partial charge in [-0.2, -0.15) is 0 Å². The standard InChI is InChI=1S/C19H29N5.HI/c1-3-4-5-9-12-22-19(20-2)23-15-18-21-13-14-24(18)16-17-10-7-6-8-11-17;/h6-8,10-11,13-14H,3-5,9,12,15-16H2,1-2H3,(H2,20,22,23);1H. The molecule has 0 aliphatic rings. The highest BCUT2D eigenvalue weighted by Gasteiger charge is 2.05. The summed E-state index contributed by atoms with van der Waals surface area (Å²) in [6.45, 7) is 4.68. The van der Waals surface area contributed by atoms with Gasteiger partial charge in [-0.15, -0.1) is 24.0 Å². The molecule has 0 unspecified atom stereocenters. The number of nitrogens with one attached hydrogen (secondary N) is 2. The molecule has 1 aromatic carbocycles. The predicted octanol–water partition coefficient (Wildman–Crippen LogP) is 3.79. The van der Waals surface area contributed by atoms with Crippen LogP contribution in [0.15, 0.2) is 47.7 Å². The minimum absolute atomic E-state index is 0. The van der Waals surface area contributed by atoms with Crippen LogP contribution in [0.1, 0.15) is 44.0 Å². The Kier molecular flexibility index (Phi) is 10.9. The third kappa shape index (κ3) is 7.90. The van der Waals surface area contributed by atoms with Gasteiger partial charge >= 0.3 is 0 Å². The Hall–Kier alpha value is -1.57. The maximum Gasteiger partial charge on any atom is 0.191 e. The van der Waals surface area contributed by atoms with E-state index in [-0.39, 0.29) is 24.0 Å². The quantitative estimate of drug-likeness (QED) is 0.262. The summed E-state index contributed by atoms with van der Waals surface area (Å²) < 4.78 is 2.16. The molecule has 5 nitrogen and oxygen atoms in total. The number of guanidine groups is 1. The van der Waals surface area contributed by atoms with Gasteiger partial charge in [-0.1, -0.05) is 56.5 Å². The van der Waals surface area contributed by atoms with Gasteiger partial charge in [0, 0.05) is 32.5 Å². The number of halogens is 1. The topological polar surface area (TPSA) is 54.2 Å². The second-order valence-corrected chi connectivity index (χ2v) is 5.87. The van der Waals surface area contributed by atoms with E-state index in [2.05, 4.69) is 56.4 Å². The monoisotopic (exact) mass is 455 g/mol. The van der Waals surface area contributed by atoms with Gasteiger partial charge in [0.1, 0.15) is 5.82 Å². The van der Waals surface area contributed by atoms with Crippen LogP contribution < -0.4 is 10.6 Å². The summed E-state index contributed by atoms with van der Waals surface area (Å²) >= 11 is 0. The summed E-state index contributed by atoms with van der Waals surface area (Å²) in [5.41, 5.74) is 1.27. The van der Waals surface area contributed by atoms with Gasteiger partial charge < -0.3 is 15.2 Å².